The van der Waals surface area contributed by atoms with E-state index in [1.807, 2.05) is 67.6 Å². The maximum Gasteiger partial charge on any atom is 0.164 e. The summed E-state index contributed by atoms with van der Waals surface area (Å²) in [5, 5.41) is 2.39. The Morgan fingerprint density at radius 1 is 0.478 bits per heavy atom. The molecule has 0 amide bonds. The number of nitrogens with two attached hydrogens (primary N) is 1. The molecule has 0 bridgehead atoms. The molecule has 2 N–H and O–H groups in total. The molecule has 1 heterocycles. The van der Waals surface area contributed by atoms with Crippen molar-refractivity contribution in [3.05, 3.63) is 157 Å². The lowest BCUT2D eigenvalue weighted by Crippen LogP contribution is -2.00. The SMILES string of the molecule is C/C(=C\N=C/N)c1ccc(-c2ccc3ccc(-c4ccc(-c5nc(-c6ccccc6)nc(-c6ccccc6)n5)cc4)cc3c2)cc1. The molecule has 0 unspecified atom stereocenters. The Labute approximate surface area is 268 Å². The minimum atomic E-state index is 0.645. The highest BCUT2D eigenvalue weighted by Gasteiger charge is 2.12. The van der Waals surface area contributed by atoms with Gasteiger partial charge < -0.3 is 5.73 Å². The fraction of sp³-hybridized carbons (Fsp3) is 0.0244. The number of aliphatic imine (C=N–C) groups is 1. The summed E-state index contributed by atoms with van der Waals surface area (Å²) >= 11 is 0. The lowest BCUT2D eigenvalue weighted by molar-refractivity contribution is 1.07. The molecule has 220 valence electrons. The minimum Gasteiger partial charge on any atom is -0.390 e. The van der Waals surface area contributed by atoms with Crippen LogP contribution in [0.25, 0.3) is 72.8 Å². The number of hydrogen-bond acceptors (Lipinski definition) is 4. The van der Waals surface area contributed by atoms with Crippen LogP contribution in [0.4, 0.5) is 0 Å². The first kappa shape index (κ1) is 28.6. The van der Waals surface area contributed by atoms with E-state index in [0.717, 1.165) is 44.5 Å². The van der Waals surface area contributed by atoms with Crippen molar-refractivity contribution in [2.45, 2.75) is 6.92 Å². The van der Waals surface area contributed by atoms with Gasteiger partial charge in [-0.1, -0.05) is 133 Å². The zero-order chi connectivity index (χ0) is 31.3. The van der Waals surface area contributed by atoms with Crippen LogP contribution in [0.1, 0.15) is 12.5 Å². The highest BCUT2D eigenvalue weighted by molar-refractivity contribution is 5.91. The van der Waals surface area contributed by atoms with Crippen molar-refractivity contribution >= 4 is 22.7 Å². The Morgan fingerprint density at radius 2 is 0.891 bits per heavy atom. The molecule has 0 radical (unpaired) electrons. The fourth-order valence-electron chi connectivity index (χ4n) is 5.51. The van der Waals surface area contributed by atoms with Gasteiger partial charge in [0.2, 0.25) is 0 Å². The summed E-state index contributed by atoms with van der Waals surface area (Å²) in [6.45, 7) is 2.03. The first-order valence-electron chi connectivity index (χ1n) is 15.2. The van der Waals surface area contributed by atoms with Crippen LogP contribution < -0.4 is 5.73 Å². The van der Waals surface area contributed by atoms with Crippen molar-refractivity contribution in [2.24, 2.45) is 10.7 Å². The third-order valence-electron chi connectivity index (χ3n) is 8.04. The molecule has 46 heavy (non-hydrogen) atoms. The van der Waals surface area contributed by atoms with Crippen LogP contribution in [0.15, 0.2) is 157 Å². The molecule has 5 heteroatoms. The van der Waals surface area contributed by atoms with Gasteiger partial charge in [-0.2, -0.15) is 0 Å². The van der Waals surface area contributed by atoms with E-state index in [2.05, 4.69) is 89.9 Å². The van der Waals surface area contributed by atoms with Crippen molar-refractivity contribution in [1.82, 2.24) is 15.0 Å². The number of nitrogens with zero attached hydrogens (tertiary/aromatic N) is 4. The highest BCUT2D eigenvalue weighted by atomic mass is 15.0. The Bertz CT molecular complexity index is 2130. The summed E-state index contributed by atoms with van der Waals surface area (Å²) in [7, 11) is 0. The van der Waals surface area contributed by atoms with Gasteiger partial charge in [-0.05, 0) is 63.2 Å². The van der Waals surface area contributed by atoms with E-state index in [4.69, 9.17) is 20.7 Å². The summed E-state index contributed by atoms with van der Waals surface area (Å²) in [5.74, 6) is 1.95. The Kier molecular flexibility index (Phi) is 7.95. The van der Waals surface area contributed by atoms with E-state index in [-0.39, 0.29) is 0 Å². The van der Waals surface area contributed by atoms with E-state index in [9.17, 15) is 0 Å². The third-order valence-corrected chi connectivity index (χ3v) is 8.04. The molecular weight excluding hydrogens is 562 g/mol. The van der Waals surface area contributed by atoms with Gasteiger partial charge in [0.25, 0.3) is 0 Å². The lowest BCUT2D eigenvalue weighted by atomic mass is 9.96. The smallest absolute Gasteiger partial charge is 0.164 e. The molecule has 0 aliphatic carbocycles. The van der Waals surface area contributed by atoms with Crippen LogP contribution >= 0.6 is 0 Å². The molecule has 0 saturated carbocycles. The van der Waals surface area contributed by atoms with E-state index < -0.39 is 0 Å². The number of benzene rings is 6. The fourth-order valence-corrected chi connectivity index (χ4v) is 5.51. The van der Waals surface area contributed by atoms with Crippen molar-refractivity contribution in [3.63, 3.8) is 0 Å². The molecule has 5 nitrogen and oxygen atoms in total. The number of rotatable bonds is 7. The highest BCUT2D eigenvalue weighted by Crippen LogP contribution is 2.31. The maximum absolute atomic E-state index is 5.38. The van der Waals surface area contributed by atoms with Gasteiger partial charge in [-0.3, -0.25) is 0 Å². The maximum atomic E-state index is 5.38. The van der Waals surface area contributed by atoms with Crippen molar-refractivity contribution in [3.8, 4) is 56.4 Å². The molecule has 0 saturated heterocycles. The van der Waals surface area contributed by atoms with Gasteiger partial charge in [-0.25, -0.2) is 19.9 Å². The molecule has 7 aromatic rings. The van der Waals surface area contributed by atoms with Crippen LogP contribution in [0.5, 0.6) is 0 Å². The number of allylic oxidation sites excluding steroid dienone is 1. The van der Waals surface area contributed by atoms with Gasteiger partial charge in [-0.15, -0.1) is 0 Å². The molecule has 0 aliphatic rings. The predicted molar refractivity (Wildman–Crippen MR) is 191 cm³/mol. The largest absolute Gasteiger partial charge is 0.390 e. The molecule has 1 aromatic heterocycles. The van der Waals surface area contributed by atoms with Crippen LogP contribution in [0.3, 0.4) is 0 Å². The average Bonchev–Trinajstić information content (AvgIpc) is 3.14. The number of aromatic nitrogens is 3. The standard InChI is InChI=1S/C41H31N5/c1-28(26-43-27-42)29-12-14-30(15-13-29)36-22-18-32-19-23-37(25-38(32)24-36)31-16-20-35(21-17-31)41-45-39(33-8-4-2-5-9-33)44-40(46-41)34-10-6-3-7-11-34/h2-27H,1H3,(H2,42,43)/b28-26+. The second kappa shape index (κ2) is 12.8. The first-order valence-corrected chi connectivity index (χ1v) is 15.2. The summed E-state index contributed by atoms with van der Waals surface area (Å²) in [6.07, 6.45) is 3.07. The topological polar surface area (TPSA) is 77.0 Å². The van der Waals surface area contributed by atoms with Gasteiger partial charge >= 0.3 is 0 Å². The molecule has 0 fully saturated rings. The first-order chi connectivity index (χ1) is 22.6. The molecule has 0 atom stereocenters. The second-order valence-corrected chi connectivity index (χ2v) is 11.1. The van der Waals surface area contributed by atoms with Crippen LogP contribution in [-0.4, -0.2) is 21.3 Å². The normalized spacial score (nSPS) is 11.7. The van der Waals surface area contributed by atoms with E-state index in [1.54, 1.807) is 6.20 Å². The Balaban J connectivity index is 1.19. The molecular formula is C41H31N5. The summed E-state index contributed by atoms with van der Waals surface area (Å²) < 4.78 is 0. The number of fused-ring (bicyclic) bond motifs is 1. The lowest BCUT2D eigenvalue weighted by Gasteiger charge is -2.10. The quantitative estimate of drug-likeness (QED) is 0.147. The molecule has 7 rings (SSSR count). The predicted octanol–water partition coefficient (Wildman–Crippen LogP) is 9.71. The molecule has 0 aliphatic heterocycles. The summed E-state index contributed by atoms with van der Waals surface area (Å²) in [4.78, 5) is 18.6. The van der Waals surface area contributed by atoms with Crippen molar-refractivity contribution in [1.29, 1.82) is 0 Å². The van der Waals surface area contributed by atoms with Crippen LogP contribution in [-0.2, 0) is 0 Å². The number of hydrogen-bond donors (Lipinski definition) is 1. The van der Waals surface area contributed by atoms with Crippen molar-refractivity contribution < 1.29 is 0 Å². The van der Waals surface area contributed by atoms with Crippen LogP contribution in [0, 0.1) is 0 Å². The Morgan fingerprint density at radius 3 is 1.37 bits per heavy atom. The third kappa shape index (κ3) is 6.07. The van der Waals surface area contributed by atoms with E-state index >= 15 is 0 Å². The summed E-state index contributed by atoms with van der Waals surface area (Å²) in [5.41, 5.74) is 15.0. The van der Waals surface area contributed by atoms with Gasteiger partial charge in [0.1, 0.15) is 0 Å². The van der Waals surface area contributed by atoms with Crippen LogP contribution in [0.2, 0.25) is 0 Å². The van der Waals surface area contributed by atoms with E-state index in [0.29, 0.717) is 17.5 Å². The monoisotopic (exact) mass is 593 g/mol. The van der Waals surface area contributed by atoms with Gasteiger partial charge in [0.05, 0.1) is 6.34 Å². The van der Waals surface area contributed by atoms with Gasteiger partial charge in [0.15, 0.2) is 17.5 Å². The zero-order valence-electron chi connectivity index (χ0n) is 25.4. The minimum absolute atomic E-state index is 0.645. The molecule has 6 aromatic carbocycles. The zero-order valence-corrected chi connectivity index (χ0v) is 25.4. The average molecular weight is 594 g/mol. The second-order valence-electron chi connectivity index (χ2n) is 11.1. The van der Waals surface area contributed by atoms with Crippen molar-refractivity contribution in [2.75, 3.05) is 0 Å². The van der Waals surface area contributed by atoms with E-state index in [1.165, 1.54) is 22.7 Å². The van der Waals surface area contributed by atoms with Gasteiger partial charge in [0, 0.05) is 22.9 Å². The molecule has 0 spiro atoms. The Hall–Kier alpha value is -6.20. The summed E-state index contributed by atoms with van der Waals surface area (Å²) in [6, 6.07) is 50.3.